The van der Waals surface area contributed by atoms with Crippen LogP contribution < -0.4 is 5.32 Å². The lowest BCUT2D eigenvalue weighted by Gasteiger charge is -2.24. The summed E-state index contributed by atoms with van der Waals surface area (Å²) in [6, 6.07) is 3.56. The van der Waals surface area contributed by atoms with Gasteiger partial charge in [-0.3, -0.25) is 14.3 Å². The van der Waals surface area contributed by atoms with E-state index in [0.717, 1.165) is 12.1 Å². The van der Waals surface area contributed by atoms with E-state index in [-0.39, 0.29) is 12.5 Å². The van der Waals surface area contributed by atoms with Crippen molar-refractivity contribution in [3.8, 4) is 0 Å². The zero-order chi connectivity index (χ0) is 14.7. The van der Waals surface area contributed by atoms with Crippen molar-refractivity contribution in [2.24, 2.45) is 0 Å². The van der Waals surface area contributed by atoms with E-state index in [2.05, 4.69) is 5.32 Å². The Morgan fingerprint density at radius 3 is 2.80 bits per heavy atom. The zero-order valence-corrected chi connectivity index (χ0v) is 11.9. The third-order valence-electron chi connectivity index (χ3n) is 3.22. The van der Waals surface area contributed by atoms with Crippen molar-refractivity contribution in [1.82, 2.24) is 10.2 Å². The second-order valence-electron chi connectivity index (χ2n) is 4.48. The average Bonchev–Trinajstić information content (AvgIpc) is 2.80. The largest absolute Gasteiger partial charge is 0.321 e. The second kappa shape index (κ2) is 6.41. The van der Waals surface area contributed by atoms with Gasteiger partial charge in [-0.15, -0.1) is 0 Å². The molecule has 20 heavy (non-hydrogen) atoms. The van der Waals surface area contributed by atoms with Crippen LogP contribution in [0.15, 0.2) is 18.2 Å². The molecule has 1 aromatic carbocycles. The van der Waals surface area contributed by atoms with Crippen LogP contribution in [0.1, 0.15) is 18.7 Å². The lowest BCUT2D eigenvalue weighted by atomic mass is 10.1. The van der Waals surface area contributed by atoms with E-state index in [4.69, 9.17) is 0 Å². The molecule has 1 N–H and O–H groups in total. The molecule has 1 aliphatic rings. The normalized spacial score (nSPS) is 20.4. The summed E-state index contributed by atoms with van der Waals surface area (Å²) >= 11 is 0. The van der Waals surface area contributed by atoms with Crippen molar-refractivity contribution in [2.75, 3.05) is 24.6 Å². The third-order valence-corrected chi connectivity index (χ3v) is 4.50. The fraction of sp³-hybridized carbons (Fsp3) is 0.462. The Hall–Kier alpha value is -1.34. The van der Waals surface area contributed by atoms with E-state index in [1.807, 2.05) is 6.92 Å². The first kappa shape index (κ1) is 15.1. The predicted octanol–water partition coefficient (Wildman–Crippen LogP) is 1.16. The Labute approximate surface area is 118 Å². The highest BCUT2D eigenvalue weighted by Crippen LogP contribution is 2.23. The minimum atomic E-state index is -0.973. The van der Waals surface area contributed by atoms with Gasteiger partial charge in [-0.1, -0.05) is 13.0 Å². The van der Waals surface area contributed by atoms with E-state index >= 15 is 0 Å². The quantitative estimate of drug-likeness (QED) is 0.888. The SMILES string of the molecule is CCS(=O)CCN1C(=O)CNC1c1ccc(F)c(F)c1. The van der Waals surface area contributed by atoms with E-state index in [1.54, 1.807) is 0 Å². The van der Waals surface area contributed by atoms with Crippen molar-refractivity contribution in [1.29, 1.82) is 0 Å². The summed E-state index contributed by atoms with van der Waals surface area (Å²) in [6.45, 7) is 2.28. The minimum Gasteiger partial charge on any atom is -0.321 e. The highest BCUT2D eigenvalue weighted by Gasteiger charge is 2.31. The van der Waals surface area contributed by atoms with Crippen LogP contribution in [0, 0.1) is 11.6 Å². The number of benzene rings is 1. The van der Waals surface area contributed by atoms with Crippen LogP contribution in [0.4, 0.5) is 8.78 Å². The molecule has 2 unspecified atom stereocenters. The van der Waals surface area contributed by atoms with Crippen LogP contribution in [-0.2, 0) is 15.6 Å². The molecule has 4 nitrogen and oxygen atoms in total. The van der Waals surface area contributed by atoms with Gasteiger partial charge in [0.05, 0.1) is 6.54 Å². The summed E-state index contributed by atoms with van der Waals surface area (Å²) in [5, 5.41) is 2.95. The van der Waals surface area contributed by atoms with Crippen LogP contribution >= 0.6 is 0 Å². The molecule has 1 fully saturated rings. The second-order valence-corrected chi connectivity index (χ2v) is 6.34. The van der Waals surface area contributed by atoms with Crippen molar-refractivity contribution in [2.45, 2.75) is 13.1 Å². The number of nitrogens with one attached hydrogen (secondary N) is 1. The number of halogens is 2. The Morgan fingerprint density at radius 1 is 1.40 bits per heavy atom. The molecule has 1 heterocycles. The van der Waals surface area contributed by atoms with Gasteiger partial charge in [-0.25, -0.2) is 8.78 Å². The summed E-state index contributed by atoms with van der Waals surface area (Å²) in [5.41, 5.74) is 0.483. The van der Waals surface area contributed by atoms with E-state index in [1.165, 1.54) is 11.0 Å². The van der Waals surface area contributed by atoms with Crippen molar-refractivity contribution >= 4 is 16.7 Å². The first-order valence-corrected chi connectivity index (χ1v) is 7.84. The molecule has 0 bridgehead atoms. The molecule has 0 radical (unpaired) electrons. The maximum Gasteiger partial charge on any atom is 0.238 e. The summed E-state index contributed by atoms with van der Waals surface area (Å²) in [7, 11) is -0.973. The molecule has 2 rings (SSSR count). The van der Waals surface area contributed by atoms with Crippen molar-refractivity contribution < 1.29 is 17.8 Å². The molecule has 0 aromatic heterocycles. The lowest BCUT2D eigenvalue weighted by Crippen LogP contribution is -2.33. The minimum absolute atomic E-state index is 0.132. The smallest absolute Gasteiger partial charge is 0.238 e. The lowest BCUT2D eigenvalue weighted by molar-refractivity contribution is -0.127. The fourth-order valence-electron chi connectivity index (χ4n) is 2.12. The molecule has 0 spiro atoms. The number of carbonyl (C=O) groups excluding carboxylic acids is 1. The number of carbonyl (C=O) groups is 1. The molecule has 1 aliphatic heterocycles. The molecule has 110 valence electrons. The van der Waals surface area contributed by atoms with Crippen LogP contribution in [0.3, 0.4) is 0 Å². The Balaban J connectivity index is 2.14. The topological polar surface area (TPSA) is 49.4 Å². The molecule has 0 aliphatic carbocycles. The molecular weight excluding hydrogens is 286 g/mol. The Kier molecular flexibility index (Phi) is 4.82. The monoisotopic (exact) mass is 302 g/mol. The summed E-state index contributed by atoms with van der Waals surface area (Å²) in [5.74, 6) is -1.08. The molecule has 2 atom stereocenters. The van der Waals surface area contributed by atoms with Crippen molar-refractivity contribution in [3.05, 3.63) is 35.4 Å². The molecule has 1 saturated heterocycles. The summed E-state index contributed by atoms with van der Waals surface area (Å²) in [4.78, 5) is 13.3. The molecular formula is C13H16F2N2O2S. The number of hydrogen-bond acceptors (Lipinski definition) is 3. The first-order valence-electron chi connectivity index (χ1n) is 6.35. The van der Waals surface area contributed by atoms with Crippen molar-refractivity contribution in [3.63, 3.8) is 0 Å². The molecule has 1 aromatic rings. The van der Waals surface area contributed by atoms with Gasteiger partial charge in [0, 0.05) is 28.9 Å². The molecule has 7 heteroatoms. The van der Waals surface area contributed by atoms with Gasteiger partial charge in [-0.05, 0) is 17.7 Å². The van der Waals surface area contributed by atoms with Crippen LogP contribution in [0.2, 0.25) is 0 Å². The number of amides is 1. The highest BCUT2D eigenvalue weighted by atomic mass is 32.2. The van der Waals surface area contributed by atoms with E-state index < -0.39 is 28.6 Å². The summed E-state index contributed by atoms with van der Waals surface area (Å²) in [6.07, 6.45) is -0.494. The van der Waals surface area contributed by atoms with Gasteiger partial charge >= 0.3 is 0 Å². The van der Waals surface area contributed by atoms with E-state index in [9.17, 15) is 17.8 Å². The van der Waals surface area contributed by atoms with Gasteiger partial charge in [0.2, 0.25) is 5.91 Å². The Bertz CT molecular complexity index is 539. The average molecular weight is 302 g/mol. The van der Waals surface area contributed by atoms with Crippen LogP contribution in [0.5, 0.6) is 0 Å². The molecule has 1 amide bonds. The zero-order valence-electron chi connectivity index (χ0n) is 11.1. The first-order chi connectivity index (χ1) is 9.52. The van der Waals surface area contributed by atoms with Crippen LogP contribution in [-0.4, -0.2) is 39.6 Å². The summed E-state index contributed by atoms with van der Waals surface area (Å²) < 4.78 is 37.7. The fourth-order valence-corrected chi connectivity index (χ4v) is 2.81. The van der Waals surface area contributed by atoms with Gasteiger partial charge in [-0.2, -0.15) is 0 Å². The van der Waals surface area contributed by atoms with E-state index in [0.29, 0.717) is 23.6 Å². The number of rotatable bonds is 5. The standard InChI is InChI=1S/C13H16F2N2O2S/c1-2-20(19)6-5-17-12(18)8-16-13(17)9-3-4-10(14)11(15)7-9/h3-4,7,13,16H,2,5-6,8H2,1H3. The maximum absolute atomic E-state index is 13.3. The number of hydrogen-bond donors (Lipinski definition) is 1. The van der Waals surface area contributed by atoms with Gasteiger partial charge in [0.15, 0.2) is 11.6 Å². The van der Waals surface area contributed by atoms with Gasteiger partial charge in [0.1, 0.15) is 6.17 Å². The predicted molar refractivity (Wildman–Crippen MR) is 72.4 cm³/mol. The van der Waals surface area contributed by atoms with Gasteiger partial charge in [0.25, 0.3) is 0 Å². The highest BCUT2D eigenvalue weighted by molar-refractivity contribution is 7.84. The van der Waals surface area contributed by atoms with Gasteiger partial charge < -0.3 is 4.90 Å². The Morgan fingerprint density at radius 2 is 2.15 bits per heavy atom. The molecule has 0 saturated carbocycles. The van der Waals surface area contributed by atoms with Crippen LogP contribution in [0.25, 0.3) is 0 Å². The maximum atomic E-state index is 13.3. The third kappa shape index (κ3) is 3.21. The number of nitrogens with zero attached hydrogens (tertiary/aromatic N) is 1.